The standard InChI is InChI=1S/C12H16O2/c1-7(2)10-5-9(13)6-11(8(3)4)12(10)14/h5-8H,1-4H3. The van der Waals surface area contributed by atoms with Gasteiger partial charge in [0.25, 0.3) is 0 Å². The minimum atomic E-state index is -0.0583. The van der Waals surface area contributed by atoms with Gasteiger partial charge in [-0.2, -0.15) is 0 Å². The molecule has 0 saturated carbocycles. The van der Waals surface area contributed by atoms with E-state index in [9.17, 15) is 9.59 Å². The summed E-state index contributed by atoms with van der Waals surface area (Å²) in [6.45, 7) is 7.72. The fourth-order valence-corrected chi connectivity index (χ4v) is 1.50. The summed E-state index contributed by atoms with van der Waals surface area (Å²) < 4.78 is 0. The maximum Gasteiger partial charge on any atom is 0.185 e. The Bertz CT molecular complexity index is 300. The second kappa shape index (κ2) is 3.91. The maximum atomic E-state index is 11.9. The SMILES string of the molecule is CC(C)C1=CC(=O)C=C(C(C)C)C1=O. The zero-order valence-corrected chi connectivity index (χ0v) is 9.13. The Kier molecular flexibility index (Phi) is 3.04. The highest BCUT2D eigenvalue weighted by Crippen LogP contribution is 2.24. The predicted octanol–water partition coefficient (Wildman–Crippen LogP) is 2.30. The molecular weight excluding hydrogens is 176 g/mol. The van der Waals surface area contributed by atoms with Gasteiger partial charge in [-0.15, -0.1) is 0 Å². The van der Waals surface area contributed by atoms with E-state index < -0.39 is 0 Å². The van der Waals surface area contributed by atoms with E-state index in [1.165, 1.54) is 12.2 Å². The third kappa shape index (κ3) is 2.00. The van der Waals surface area contributed by atoms with Crippen molar-refractivity contribution in [3.8, 4) is 0 Å². The van der Waals surface area contributed by atoms with E-state index in [2.05, 4.69) is 0 Å². The molecule has 0 spiro atoms. The molecule has 1 aliphatic carbocycles. The molecule has 0 radical (unpaired) electrons. The highest BCUT2D eigenvalue weighted by molar-refractivity contribution is 6.20. The molecule has 1 aliphatic rings. The molecule has 14 heavy (non-hydrogen) atoms. The molecule has 0 saturated heterocycles. The van der Waals surface area contributed by atoms with E-state index in [0.717, 1.165) is 0 Å². The van der Waals surface area contributed by atoms with E-state index in [1.54, 1.807) is 0 Å². The smallest absolute Gasteiger partial charge is 0.185 e. The number of carbonyl (C=O) groups is 2. The van der Waals surface area contributed by atoms with Crippen molar-refractivity contribution >= 4 is 11.6 Å². The van der Waals surface area contributed by atoms with Gasteiger partial charge in [-0.1, -0.05) is 27.7 Å². The lowest BCUT2D eigenvalue weighted by Gasteiger charge is -2.18. The zero-order valence-electron chi connectivity index (χ0n) is 9.13. The number of Topliss-reactive ketones (excluding diaryl/α,β-unsaturated/α-hetero) is 1. The van der Waals surface area contributed by atoms with Crippen LogP contribution in [0.15, 0.2) is 23.3 Å². The minimum absolute atomic E-state index is 0.0367. The molecule has 1 rings (SSSR count). The number of carbonyl (C=O) groups excluding carboxylic acids is 2. The normalized spacial score (nSPS) is 17.6. The molecule has 0 aromatic rings. The van der Waals surface area contributed by atoms with Crippen molar-refractivity contribution in [2.45, 2.75) is 27.7 Å². The van der Waals surface area contributed by atoms with Crippen LogP contribution in [-0.2, 0) is 9.59 Å². The first kappa shape index (κ1) is 10.9. The average molecular weight is 192 g/mol. The molecule has 0 fully saturated rings. The van der Waals surface area contributed by atoms with Crippen LogP contribution in [0.2, 0.25) is 0 Å². The van der Waals surface area contributed by atoms with Crippen molar-refractivity contribution in [1.29, 1.82) is 0 Å². The molecule has 0 aromatic heterocycles. The van der Waals surface area contributed by atoms with Crippen LogP contribution < -0.4 is 0 Å². The monoisotopic (exact) mass is 192 g/mol. The van der Waals surface area contributed by atoms with E-state index in [0.29, 0.717) is 11.1 Å². The van der Waals surface area contributed by atoms with Crippen LogP contribution in [0.5, 0.6) is 0 Å². The van der Waals surface area contributed by atoms with Gasteiger partial charge in [0.15, 0.2) is 11.6 Å². The summed E-state index contributed by atoms with van der Waals surface area (Å²) >= 11 is 0. The molecule has 0 bridgehead atoms. The van der Waals surface area contributed by atoms with Crippen LogP contribution in [0.4, 0.5) is 0 Å². The largest absolute Gasteiger partial charge is 0.290 e. The lowest BCUT2D eigenvalue weighted by molar-refractivity contribution is -0.116. The lowest BCUT2D eigenvalue weighted by atomic mass is 9.84. The summed E-state index contributed by atoms with van der Waals surface area (Å²) in [5, 5.41) is 0. The number of hydrogen-bond donors (Lipinski definition) is 0. The fourth-order valence-electron chi connectivity index (χ4n) is 1.50. The van der Waals surface area contributed by atoms with Crippen LogP contribution in [0.3, 0.4) is 0 Å². The lowest BCUT2D eigenvalue weighted by Crippen LogP contribution is -2.20. The van der Waals surface area contributed by atoms with Crippen LogP contribution in [0.25, 0.3) is 0 Å². The second-order valence-electron chi connectivity index (χ2n) is 4.24. The molecular formula is C12H16O2. The first-order chi connectivity index (χ1) is 6.43. The molecule has 76 valence electrons. The van der Waals surface area contributed by atoms with Crippen molar-refractivity contribution in [2.75, 3.05) is 0 Å². The molecule has 0 unspecified atom stereocenters. The second-order valence-corrected chi connectivity index (χ2v) is 4.24. The summed E-state index contributed by atoms with van der Waals surface area (Å²) in [5.41, 5.74) is 1.28. The predicted molar refractivity (Wildman–Crippen MR) is 55.9 cm³/mol. The minimum Gasteiger partial charge on any atom is -0.290 e. The van der Waals surface area contributed by atoms with E-state index in [-0.39, 0.29) is 23.4 Å². The molecule has 0 atom stereocenters. The molecule has 0 heterocycles. The molecule has 2 nitrogen and oxygen atoms in total. The molecule has 0 N–H and O–H groups in total. The van der Waals surface area contributed by atoms with E-state index in [1.807, 2.05) is 27.7 Å². The van der Waals surface area contributed by atoms with Crippen molar-refractivity contribution in [3.05, 3.63) is 23.3 Å². The molecule has 0 aliphatic heterocycles. The summed E-state index contributed by atoms with van der Waals surface area (Å²) in [5.74, 6) is 0.217. The maximum absolute atomic E-state index is 11.9. The number of allylic oxidation sites excluding steroid dienone is 4. The van der Waals surface area contributed by atoms with Gasteiger partial charge in [-0.3, -0.25) is 9.59 Å². The Labute approximate surface area is 84.7 Å². The van der Waals surface area contributed by atoms with E-state index >= 15 is 0 Å². The summed E-state index contributed by atoms with van der Waals surface area (Å²) in [6, 6.07) is 0. The summed E-state index contributed by atoms with van der Waals surface area (Å²) in [7, 11) is 0. The average Bonchev–Trinajstić information content (AvgIpc) is 2.07. The number of hydrogen-bond acceptors (Lipinski definition) is 2. The number of ketones is 2. The molecule has 2 heteroatoms. The van der Waals surface area contributed by atoms with Gasteiger partial charge >= 0.3 is 0 Å². The van der Waals surface area contributed by atoms with Gasteiger partial charge in [0, 0.05) is 11.1 Å². The highest BCUT2D eigenvalue weighted by Gasteiger charge is 2.24. The Morgan fingerprint density at radius 2 is 1.21 bits per heavy atom. The van der Waals surface area contributed by atoms with Crippen LogP contribution in [0.1, 0.15) is 27.7 Å². The topological polar surface area (TPSA) is 34.1 Å². The van der Waals surface area contributed by atoms with Crippen LogP contribution >= 0.6 is 0 Å². The zero-order chi connectivity index (χ0) is 10.9. The quantitative estimate of drug-likeness (QED) is 0.629. The first-order valence-corrected chi connectivity index (χ1v) is 4.95. The number of rotatable bonds is 2. The Balaban J connectivity index is 3.07. The third-order valence-corrected chi connectivity index (χ3v) is 2.36. The van der Waals surface area contributed by atoms with Gasteiger partial charge in [0.2, 0.25) is 0 Å². The van der Waals surface area contributed by atoms with Crippen molar-refractivity contribution < 1.29 is 9.59 Å². The van der Waals surface area contributed by atoms with Crippen molar-refractivity contribution in [2.24, 2.45) is 11.8 Å². The Morgan fingerprint density at radius 1 is 0.857 bits per heavy atom. The van der Waals surface area contributed by atoms with Gasteiger partial charge in [0.05, 0.1) is 0 Å². The molecule has 0 aromatic carbocycles. The van der Waals surface area contributed by atoms with Gasteiger partial charge in [-0.25, -0.2) is 0 Å². The van der Waals surface area contributed by atoms with Gasteiger partial charge in [0.1, 0.15) is 0 Å². The third-order valence-electron chi connectivity index (χ3n) is 2.36. The Hall–Kier alpha value is -1.18. The molecule has 0 amide bonds. The van der Waals surface area contributed by atoms with E-state index in [4.69, 9.17) is 0 Å². The Morgan fingerprint density at radius 3 is 1.50 bits per heavy atom. The highest BCUT2D eigenvalue weighted by atomic mass is 16.1. The van der Waals surface area contributed by atoms with Crippen molar-refractivity contribution in [1.82, 2.24) is 0 Å². The van der Waals surface area contributed by atoms with Crippen LogP contribution in [0, 0.1) is 11.8 Å². The summed E-state index contributed by atoms with van der Waals surface area (Å²) in [4.78, 5) is 23.2. The van der Waals surface area contributed by atoms with Gasteiger partial charge < -0.3 is 0 Å². The fraction of sp³-hybridized carbons (Fsp3) is 0.500. The summed E-state index contributed by atoms with van der Waals surface area (Å²) in [6.07, 6.45) is 2.91. The van der Waals surface area contributed by atoms with Gasteiger partial charge in [-0.05, 0) is 24.0 Å². The van der Waals surface area contributed by atoms with Crippen LogP contribution in [-0.4, -0.2) is 11.6 Å². The first-order valence-electron chi connectivity index (χ1n) is 4.95. The van der Waals surface area contributed by atoms with Crippen molar-refractivity contribution in [3.63, 3.8) is 0 Å².